The summed E-state index contributed by atoms with van der Waals surface area (Å²) in [5, 5.41) is 6.73. The van der Waals surface area contributed by atoms with Crippen LogP contribution < -0.4 is 5.32 Å². The van der Waals surface area contributed by atoms with Crippen molar-refractivity contribution in [2.75, 3.05) is 25.0 Å². The molecule has 1 N–H and O–H groups in total. The van der Waals surface area contributed by atoms with Gasteiger partial charge in [0.15, 0.2) is 0 Å². The maximum absolute atomic E-state index is 4.54. The van der Waals surface area contributed by atoms with Gasteiger partial charge < -0.3 is 10.2 Å². The molecule has 1 atom stereocenters. The van der Waals surface area contributed by atoms with Gasteiger partial charge in [0.2, 0.25) is 0 Å². The molecule has 2 aromatic rings. The van der Waals surface area contributed by atoms with Gasteiger partial charge in [0, 0.05) is 12.6 Å². The van der Waals surface area contributed by atoms with E-state index in [9.17, 15) is 0 Å². The van der Waals surface area contributed by atoms with Crippen LogP contribution in [0.15, 0.2) is 11.4 Å². The highest BCUT2D eigenvalue weighted by molar-refractivity contribution is 7.16. The van der Waals surface area contributed by atoms with Crippen molar-refractivity contribution >= 4 is 27.4 Å². The van der Waals surface area contributed by atoms with E-state index >= 15 is 0 Å². The van der Waals surface area contributed by atoms with E-state index < -0.39 is 0 Å². The van der Waals surface area contributed by atoms with Crippen molar-refractivity contribution in [3.8, 4) is 0 Å². The summed E-state index contributed by atoms with van der Waals surface area (Å²) in [5.74, 6) is 1.83. The Morgan fingerprint density at radius 1 is 1.35 bits per heavy atom. The number of likely N-dealkylation sites (tertiary alicyclic amines) is 1. The molecule has 0 aromatic carbocycles. The van der Waals surface area contributed by atoms with Crippen molar-refractivity contribution in [1.29, 1.82) is 0 Å². The monoisotopic (exact) mass is 290 g/mol. The van der Waals surface area contributed by atoms with E-state index in [0.717, 1.165) is 34.8 Å². The fourth-order valence-corrected chi connectivity index (χ4v) is 3.67. The van der Waals surface area contributed by atoms with Gasteiger partial charge in [-0.3, -0.25) is 0 Å². The van der Waals surface area contributed by atoms with Crippen molar-refractivity contribution < 1.29 is 0 Å². The van der Waals surface area contributed by atoms with Crippen LogP contribution in [0.5, 0.6) is 0 Å². The number of nitrogens with zero attached hydrogens (tertiary/aromatic N) is 3. The molecule has 1 aliphatic heterocycles. The average Bonchev–Trinajstić information content (AvgIpc) is 3.09. The third-order valence-electron chi connectivity index (χ3n) is 4.06. The lowest BCUT2D eigenvalue weighted by Gasteiger charge is -2.23. The molecule has 0 saturated carbocycles. The molecule has 1 fully saturated rings. The Morgan fingerprint density at radius 2 is 2.15 bits per heavy atom. The highest BCUT2D eigenvalue weighted by Gasteiger charge is 2.17. The van der Waals surface area contributed by atoms with E-state index in [-0.39, 0.29) is 0 Å². The molecule has 108 valence electrons. The van der Waals surface area contributed by atoms with Crippen molar-refractivity contribution in [2.24, 2.45) is 0 Å². The lowest BCUT2D eigenvalue weighted by Crippen LogP contribution is -2.31. The molecule has 1 aliphatic rings. The van der Waals surface area contributed by atoms with Crippen LogP contribution in [-0.4, -0.2) is 40.5 Å². The summed E-state index contributed by atoms with van der Waals surface area (Å²) < 4.78 is 0. The lowest BCUT2D eigenvalue weighted by atomic mass is 10.2. The summed E-state index contributed by atoms with van der Waals surface area (Å²) in [6.45, 7) is 7.79. The summed E-state index contributed by atoms with van der Waals surface area (Å²) in [6.07, 6.45) is 3.88. The second-order valence-electron chi connectivity index (χ2n) is 5.57. The van der Waals surface area contributed by atoms with Crippen LogP contribution in [0.2, 0.25) is 0 Å². The molecule has 0 unspecified atom stereocenters. The molecule has 20 heavy (non-hydrogen) atoms. The Bertz CT molecular complexity index is 574. The number of hydrogen-bond acceptors (Lipinski definition) is 5. The molecule has 0 aliphatic carbocycles. The minimum absolute atomic E-state index is 0.658. The molecule has 3 rings (SSSR count). The van der Waals surface area contributed by atoms with E-state index in [1.165, 1.54) is 25.9 Å². The van der Waals surface area contributed by atoms with E-state index in [2.05, 4.69) is 38.6 Å². The largest absolute Gasteiger partial charge is 0.369 e. The molecule has 2 aromatic heterocycles. The summed E-state index contributed by atoms with van der Waals surface area (Å²) >= 11 is 1.68. The number of rotatable bonds is 5. The van der Waals surface area contributed by atoms with Gasteiger partial charge in [0.25, 0.3) is 0 Å². The predicted octanol–water partition coefficient (Wildman–Crippen LogP) is 3.29. The highest BCUT2D eigenvalue weighted by atomic mass is 32.1. The van der Waals surface area contributed by atoms with Gasteiger partial charge in [0.1, 0.15) is 16.5 Å². The Kier molecular flexibility index (Phi) is 4.17. The van der Waals surface area contributed by atoms with E-state index in [1.807, 2.05) is 6.92 Å². The number of nitrogens with one attached hydrogen (secondary N) is 1. The van der Waals surface area contributed by atoms with Gasteiger partial charge in [-0.1, -0.05) is 0 Å². The van der Waals surface area contributed by atoms with Crippen molar-refractivity contribution in [3.63, 3.8) is 0 Å². The molecule has 3 heterocycles. The van der Waals surface area contributed by atoms with Gasteiger partial charge in [-0.25, -0.2) is 9.97 Å². The van der Waals surface area contributed by atoms with Gasteiger partial charge in [-0.15, -0.1) is 11.3 Å². The van der Waals surface area contributed by atoms with Crippen molar-refractivity contribution in [1.82, 2.24) is 14.9 Å². The number of hydrogen-bond donors (Lipinski definition) is 1. The number of aromatic nitrogens is 2. The first kappa shape index (κ1) is 13.8. The molecule has 0 radical (unpaired) electrons. The fourth-order valence-electron chi connectivity index (χ4n) is 2.86. The summed E-state index contributed by atoms with van der Waals surface area (Å²) in [5.41, 5.74) is 0. The Labute approximate surface area is 124 Å². The van der Waals surface area contributed by atoms with E-state index in [4.69, 9.17) is 0 Å². The highest BCUT2D eigenvalue weighted by Crippen LogP contribution is 2.25. The number of fused-ring (bicyclic) bond motifs is 1. The first-order chi connectivity index (χ1) is 9.74. The maximum atomic E-state index is 4.54. The van der Waals surface area contributed by atoms with Crippen molar-refractivity contribution in [3.05, 3.63) is 17.3 Å². The average molecular weight is 290 g/mol. The molecule has 0 spiro atoms. The topological polar surface area (TPSA) is 41.1 Å². The molecule has 0 bridgehead atoms. The number of aryl methyl sites for hydroxylation is 1. The second-order valence-corrected chi connectivity index (χ2v) is 6.46. The SMILES string of the molecule is Cc1nc(NCC[C@H](C)N2CCCC2)c2ccsc2n1. The molecule has 0 amide bonds. The van der Waals surface area contributed by atoms with Crippen LogP contribution in [0.1, 0.15) is 32.0 Å². The molecule has 4 nitrogen and oxygen atoms in total. The van der Waals surface area contributed by atoms with Crippen LogP contribution >= 0.6 is 11.3 Å². The second kappa shape index (κ2) is 6.06. The quantitative estimate of drug-likeness (QED) is 0.917. The van der Waals surface area contributed by atoms with Crippen LogP contribution in [0.25, 0.3) is 10.2 Å². The Balaban J connectivity index is 1.60. The zero-order chi connectivity index (χ0) is 13.9. The van der Waals surface area contributed by atoms with Crippen LogP contribution in [0, 0.1) is 6.92 Å². The zero-order valence-electron chi connectivity index (χ0n) is 12.2. The summed E-state index contributed by atoms with van der Waals surface area (Å²) in [6, 6.07) is 2.76. The van der Waals surface area contributed by atoms with E-state index in [0.29, 0.717) is 6.04 Å². The third-order valence-corrected chi connectivity index (χ3v) is 4.86. The smallest absolute Gasteiger partial charge is 0.138 e. The number of thiophene rings is 1. The standard InChI is InChI=1S/C15H22N4S/c1-11(19-8-3-4-9-19)5-7-16-14-13-6-10-20-15(13)18-12(2)17-14/h6,10-11H,3-5,7-9H2,1-2H3,(H,16,17,18)/t11-/m0/s1. The fraction of sp³-hybridized carbons (Fsp3) is 0.600. The van der Waals surface area contributed by atoms with Crippen LogP contribution in [-0.2, 0) is 0 Å². The van der Waals surface area contributed by atoms with E-state index in [1.54, 1.807) is 11.3 Å². The molecular formula is C15H22N4S. The first-order valence-electron chi connectivity index (χ1n) is 7.44. The van der Waals surface area contributed by atoms with Gasteiger partial charge >= 0.3 is 0 Å². The van der Waals surface area contributed by atoms with Gasteiger partial charge in [0.05, 0.1) is 5.39 Å². The van der Waals surface area contributed by atoms with Gasteiger partial charge in [-0.2, -0.15) is 0 Å². The Morgan fingerprint density at radius 3 is 2.95 bits per heavy atom. The molecule has 5 heteroatoms. The zero-order valence-corrected chi connectivity index (χ0v) is 13.0. The van der Waals surface area contributed by atoms with Crippen molar-refractivity contribution in [2.45, 2.75) is 39.2 Å². The van der Waals surface area contributed by atoms with Crippen LogP contribution in [0.4, 0.5) is 5.82 Å². The summed E-state index contributed by atoms with van der Waals surface area (Å²) in [4.78, 5) is 12.7. The minimum atomic E-state index is 0.658. The molecular weight excluding hydrogens is 268 g/mol. The maximum Gasteiger partial charge on any atom is 0.138 e. The minimum Gasteiger partial charge on any atom is -0.369 e. The molecule has 1 saturated heterocycles. The van der Waals surface area contributed by atoms with Crippen LogP contribution in [0.3, 0.4) is 0 Å². The number of anilines is 1. The Hall–Kier alpha value is -1.20. The normalized spacial score (nSPS) is 17.7. The third kappa shape index (κ3) is 2.94. The predicted molar refractivity (Wildman–Crippen MR) is 85.5 cm³/mol. The lowest BCUT2D eigenvalue weighted by molar-refractivity contribution is 0.251. The first-order valence-corrected chi connectivity index (χ1v) is 8.32. The van der Waals surface area contributed by atoms with Gasteiger partial charge in [-0.05, 0) is 57.6 Å². The summed E-state index contributed by atoms with van der Waals surface area (Å²) in [7, 11) is 0.